The number of aryl methyl sites for hydroxylation is 2. The van der Waals surface area contributed by atoms with Crippen LogP contribution in [-0.4, -0.2) is 15.2 Å². The highest BCUT2D eigenvalue weighted by molar-refractivity contribution is 7.99. The number of H-pyrrole nitrogens is 1. The van der Waals surface area contributed by atoms with Gasteiger partial charge in [0.2, 0.25) is 0 Å². The maximum atomic E-state index is 6.18. The summed E-state index contributed by atoms with van der Waals surface area (Å²) >= 11 is 13.8. The van der Waals surface area contributed by atoms with Crippen LogP contribution in [0.15, 0.2) is 46.5 Å². The third kappa shape index (κ3) is 4.53. The van der Waals surface area contributed by atoms with Gasteiger partial charge in [-0.1, -0.05) is 41.9 Å². The maximum Gasteiger partial charge on any atom is 0.138 e. The first kappa shape index (κ1) is 19.1. The Kier molecular flexibility index (Phi) is 6.12. The van der Waals surface area contributed by atoms with E-state index >= 15 is 0 Å². The van der Waals surface area contributed by atoms with Crippen LogP contribution in [0.2, 0.25) is 10.0 Å². The quantitative estimate of drug-likeness (QED) is 0.512. The highest BCUT2D eigenvalue weighted by atomic mass is 35.5. The number of aromatic amines is 1. The number of rotatable bonds is 6. The van der Waals surface area contributed by atoms with Gasteiger partial charge in [0, 0.05) is 26.2 Å². The van der Waals surface area contributed by atoms with Gasteiger partial charge in [-0.3, -0.25) is 10.1 Å². The predicted octanol–water partition coefficient (Wildman–Crippen LogP) is 6.41. The molecular weight excluding hydrogens is 389 g/mol. The van der Waals surface area contributed by atoms with Crippen molar-refractivity contribution in [3.63, 3.8) is 0 Å². The van der Waals surface area contributed by atoms with E-state index in [1.807, 2.05) is 38.1 Å². The van der Waals surface area contributed by atoms with Crippen LogP contribution in [0.5, 0.6) is 5.75 Å². The minimum atomic E-state index is -0.129. The van der Waals surface area contributed by atoms with E-state index in [-0.39, 0.29) is 6.10 Å². The Hall–Kier alpha value is -1.69. The standard InChI is InChI=1S/C19H19Cl2N3OS/c1-4-17(25-15-6-5-11(2)22-10-15)18-12(3)23-24-19(18)26-16-8-13(20)7-14(21)9-16/h5-10,17H,4H2,1-3H3,(H,23,24). The summed E-state index contributed by atoms with van der Waals surface area (Å²) in [5, 5.41) is 9.61. The molecule has 4 nitrogen and oxygen atoms in total. The molecule has 1 unspecified atom stereocenters. The summed E-state index contributed by atoms with van der Waals surface area (Å²) < 4.78 is 6.18. The molecule has 1 atom stereocenters. The first-order valence-corrected chi connectivity index (χ1v) is 9.81. The van der Waals surface area contributed by atoms with Crippen LogP contribution in [0.1, 0.15) is 36.4 Å². The topological polar surface area (TPSA) is 50.8 Å². The van der Waals surface area contributed by atoms with E-state index in [2.05, 4.69) is 22.1 Å². The van der Waals surface area contributed by atoms with Gasteiger partial charge in [-0.05, 0) is 50.6 Å². The van der Waals surface area contributed by atoms with Gasteiger partial charge in [0.1, 0.15) is 16.9 Å². The van der Waals surface area contributed by atoms with Crippen molar-refractivity contribution in [2.45, 2.75) is 43.2 Å². The summed E-state index contributed by atoms with van der Waals surface area (Å²) in [4.78, 5) is 5.24. The monoisotopic (exact) mass is 407 g/mol. The van der Waals surface area contributed by atoms with Gasteiger partial charge in [0.15, 0.2) is 0 Å². The molecule has 0 saturated heterocycles. The fraction of sp³-hybridized carbons (Fsp3) is 0.263. The minimum absolute atomic E-state index is 0.129. The van der Waals surface area contributed by atoms with Gasteiger partial charge in [0.05, 0.1) is 11.9 Å². The van der Waals surface area contributed by atoms with Crippen molar-refractivity contribution in [2.24, 2.45) is 0 Å². The second-order valence-electron chi connectivity index (χ2n) is 5.91. The lowest BCUT2D eigenvalue weighted by molar-refractivity contribution is 0.197. The largest absolute Gasteiger partial charge is 0.484 e. The molecule has 3 rings (SSSR count). The van der Waals surface area contributed by atoms with Crippen molar-refractivity contribution in [1.82, 2.24) is 15.2 Å². The number of ether oxygens (including phenoxy) is 1. The zero-order valence-corrected chi connectivity index (χ0v) is 17.0. The molecule has 7 heteroatoms. The SMILES string of the molecule is CCC(Oc1ccc(C)nc1)c1c(C)n[nH]c1Sc1cc(Cl)cc(Cl)c1. The summed E-state index contributed by atoms with van der Waals surface area (Å²) in [5.74, 6) is 0.741. The summed E-state index contributed by atoms with van der Waals surface area (Å²) in [6.45, 7) is 6.01. The molecule has 0 saturated carbocycles. The van der Waals surface area contributed by atoms with E-state index < -0.39 is 0 Å². The number of benzene rings is 1. The van der Waals surface area contributed by atoms with Crippen LogP contribution in [0.3, 0.4) is 0 Å². The van der Waals surface area contributed by atoms with Crippen molar-refractivity contribution < 1.29 is 4.74 Å². The zero-order chi connectivity index (χ0) is 18.7. The van der Waals surface area contributed by atoms with Crippen LogP contribution in [0.25, 0.3) is 0 Å². The second kappa shape index (κ2) is 8.33. The van der Waals surface area contributed by atoms with Crippen molar-refractivity contribution in [3.8, 4) is 5.75 Å². The summed E-state index contributed by atoms with van der Waals surface area (Å²) in [6.07, 6.45) is 2.42. The lowest BCUT2D eigenvalue weighted by Crippen LogP contribution is -2.08. The summed E-state index contributed by atoms with van der Waals surface area (Å²) in [5.41, 5.74) is 2.90. The normalized spacial score (nSPS) is 12.2. The number of hydrogen-bond donors (Lipinski definition) is 1. The molecule has 0 bridgehead atoms. The smallest absolute Gasteiger partial charge is 0.138 e. The van der Waals surface area contributed by atoms with Crippen molar-refractivity contribution in [3.05, 3.63) is 63.5 Å². The third-order valence-corrected chi connectivity index (χ3v) is 5.29. The number of halogens is 2. The third-order valence-electron chi connectivity index (χ3n) is 3.87. The molecule has 0 aliphatic rings. The molecular formula is C19H19Cl2N3OS. The molecule has 0 radical (unpaired) electrons. The Balaban J connectivity index is 1.88. The van der Waals surface area contributed by atoms with Gasteiger partial charge in [-0.25, -0.2) is 0 Å². The molecule has 0 amide bonds. The number of pyridine rings is 1. The Labute approximate surface area is 167 Å². The van der Waals surface area contributed by atoms with Crippen LogP contribution < -0.4 is 4.74 Å². The van der Waals surface area contributed by atoms with Crippen molar-refractivity contribution in [2.75, 3.05) is 0 Å². The van der Waals surface area contributed by atoms with Crippen molar-refractivity contribution in [1.29, 1.82) is 0 Å². The van der Waals surface area contributed by atoms with E-state index in [0.29, 0.717) is 10.0 Å². The van der Waals surface area contributed by atoms with Gasteiger partial charge >= 0.3 is 0 Å². The first-order valence-electron chi connectivity index (χ1n) is 8.24. The van der Waals surface area contributed by atoms with Crippen LogP contribution in [0, 0.1) is 13.8 Å². The number of aromatic nitrogens is 3. The molecule has 0 spiro atoms. The van der Waals surface area contributed by atoms with Gasteiger partial charge in [-0.15, -0.1) is 0 Å². The molecule has 0 aliphatic carbocycles. The zero-order valence-electron chi connectivity index (χ0n) is 14.7. The Bertz CT molecular complexity index is 876. The molecule has 26 heavy (non-hydrogen) atoms. The molecule has 0 aliphatic heterocycles. The Morgan fingerprint density at radius 1 is 1.15 bits per heavy atom. The van der Waals surface area contributed by atoms with Crippen LogP contribution in [0.4, 0.5) is 0 Å². The van der Waals surface area contributed by atoms with E-state index in [9.17, 15) is 0 Å². The molecule has 1 N–H and O–H groups in total. The van der Waals surface area contributed by atoms with E-state index in [4.69, 9.17) is 27.9 Å². The number of nitrogens with zero attached hydrogens (tertiary/aromatic N) is 2. The second-order valence-corrected chi connectivity index (χ2v) is 7.87. The fourth-order valence-corrected chi connectivity index (χ4v) is 4.36. The molecule has 3 aromatic rings. The van der Waals surface area contributed by atoms with Gasteiger partial charge in [-0.2, -0.15) is 5.10 Å². The summed E-state index contributed by atoms with van der Waals surface area (Å²) in [6, 6.07) is 9.35. The molecule has 2 heterocycles. The first-order chi connectivity index (χ1) is 12.5. The average molecular weight is 408 g/mol. The lowest BCUT2D eigenvalue weighted by atomic mass is 10.1. The average Bonchev–Trinajstić information content (AvgIpc) is 2.94. The molecule has 0 fully saturated rings. The predicted molar refractivity (Wildman–Crippen MR) is 107 cm³/mol. The number of hydrogen-bond acceptors (Lipinski definition) is 4. The number of nitrogens with one attached hydrogen (secondary N) is 1. The fourth-order valence-electron chi connectivity index (χ4n) is 2.62. The van der Waals surface area contributed by atoms with Crippen LogP contribution >= 0.6 is 35.0 Å². The van der Waals surface area contributed by atoms with Crippen molar-refractivity contribution >= 4 is 35.0 Å². The molecule has 1 aromatic carbocycles. The minimum Gasteiger partial charge on any atom is -0.484 e. The lowest BCUT2D eigenvalue weighted by Gasteiger charge is -2.18. The van der Waals surface area contributed by atoms with Crippen LogP contribution in [-0.2, 0) is 0 Å². The van der Waals surface area contributed by atoms with Gasteiger partial charge < -0.3 is 4.74 Å². The molecule has 136 valence electrons. The Morgan fingerprint density at radius 2 is 1.88 bits per heavy atom. The van der Waals surface area contributed by atoms with E-state index in [1.165, 1.54) is 11.8 Å². The van der Waals surface area contributed by atoms with E-state index in [1.54, 1.807) is 12.3 Å². The van der Waals surface area contributed by atoms with E-state index in [0.717, 1.165) is 39.0 Å². The summed E-state index contributed by atoms with van der Waals surface area (Å²) in [7, 11) is 0. The highest BCUT2D eigenvalue weighted by Gasteiger charge is 2.22. The van der Waals surface area contributed by atoms with Gasteiger partial charge in [0.25, 0.3) is 0 Å². The Morgan fingerprint density at radius 3 is 2.50 bits per heavy atom. The highest BCUT2D eigenvalue weighted by Crippen LogP contribution is 2.38. The molecule has 2 aromatic heterocycles. The maximum absolute atomic E-state index is 6.18.